The third kappa shape index (κ3) is 23.2. The molecule has 0 bridgehead atoms. The quantitative estimate of drug-likeness (QED) is 0.131. The van der Waals surface area contributed by atoms with Gasteiger partial charge in [-0.15, -0.1) is 27.9 Å². The van der Waals surface area contributed by atoms with Crippen LogP contribution < -0.4 is 10.1 Å². The van der Waals surface area contributed by atoms with Gasteiger partial charge >= 0.3 is 65.4 Å². The van der Waals surface area contributed by atoms with Gasteiger partial charge in [-0.1, -0.05) is 49.5 Å². The second-order valence-corrected chi connectivity index (χ2v) is 9.99. The summed E-state index contributed by atoms with van der Waals surface area (Å²) in [7, 11) is 1.93. The zero-order valence-corrected chi connectivity index (χ0v) is 38.2. The molecule has 2 aromatic rings. The third-order valence-corrected chi connectivity index (χ3v) is 6.26. The molecule has 0 fully saturated rings. The number of anilines is 1. The molecule has 2 rings (SSSR count). The number of aliphatic imine (C=N–C) groups is 1. The Hall–Kier alpha value is -1.23. The molecule has 0 aliphatic heterocycles. The molecule has 0 spiro atoms. The second-order valence-electron chi connectivity index (χ2n) is 9.13. The average molecular weight is 878 g/mol. The van der Waals surface area contributed by atoms with Gasteiger partial charge in [-0.25, -0.2) is 4.39 Å². The maximum atomic E-state index is 14.6. The van der Waals surface area contributed by atoms with E-state index in [1.807, 2.05) is 84.2 Å². The Kier molecular flexibility index (Phi) is 45.5. The first-order valence-corrected chi connectivity index (χ1v) is 15.5. The van der Waals surface area contributed by atoms with Gasteiger partial charge in [0.05, 0.1) is 12.0 Å². The first-order chi connectivity index (χ1) is 21.1. The first kappa shape index (κ1) is 58.9. The number of benzene rings is 2. The predicted octanol–water partition coefficient (Wildman–Crippen LogP) is 11.0. The minimum absolute atomic E-state index is 0. The average Bonchev–Trinajstić information content (AvgIpc) is 3.01. The summed E-state index contributed by atoms with van der Waals surface area (Å²) in [6.07, 6.45) is 11.4. The number of ether oxygens (including phenoxy) is 1. The second kappa shape index (κ2) is 37.0. The molecule has 1 N–H and O–H groups in total. The summed E-state index contributed by atoms with van der Waals surface area (Å²) in [5.41, 5.74) is 3.93. The topological polar surface area (TPSA) is 77.7 Å². The predicted molar refractivity (Wildman–Crippen MR) is 202 cm³/mol. The fourth-order valence-corrected chi connectivity index (χ4v) is 3.95. The molecule has 48 heavy (non-hydrogen) atoms. The summed E-state index contributed by atoms with van der Waals surface area (Å²) in [4.78, 5) is 17.6. The van der Waals surface area contributed by atoms with Crippen molar-refractivity contribution >= 4 is 39.2 Å². The van der Waals surface area contributed by atoms with Crippen molar-refractivity contribution in [1.82, 2.24) is 4.90 Å². The van der Waals surface area contributed by atoms with E-state index in [9.17, 15) is 9.18 Å². The van der Waals surface area contributed by atoms with Crippen LogP contribution in [0.5, 0.6) is 5.75 Å². The van der Waals surface area contributed by atoms with E-state index in [2.05, 4.69) is 47.0 Å². The Labute approximate surface area is 352 Å². The Balaban J connectivity index is -0.000000279. The number of halogens is 2. The smallest absolute Gasteiger partial charge is 0.476 e. The van der Waals surface area contributed by atoms with Crippen LogP contribution in [0, 0.1) is 59.7 Å². The fourth-order valence-electron chi connectivity index (χ4n) is 3.49. The summed E-state index contributed by atoms with van der Waals surface area (Å²) < 4.78 is 20.4. The number of nitriles is 1. The molecule has 0 radical (unpaired) electrons. The number of carbonyl (C=O) groups excluding carboxylic acids is 1. The summed E-state index contributed by atoms with van der Waals surface area (Å²) in [6.45, 7) is 23.9. The zero-order valence-electron chi connectivity index (χ0n) is 30.9. The van der Waals surface area contributed by atoms with Gasteiger partial charge in [0.25, 0.3) is 0 Å². The summed E-state index contributed by atoms with van der Waals surface area (Å²) in [5, 5.41) is 12.1. The maximum absolute atomic E-state index is 14.6. The van der Waals surface area contributed by atoms with Crippen LogP contribution in [-0.2, 0) is 70.2 Å². The number of rotatable bonds is 12. The number of nitrogens with zero attached hydrogens (tertiary/aromatic N) is 3. The molecule has 0 heterocycles. The summed E-state index contributed by atoms with van der Waals surface area (Å²) >= 11 is 3.38. The number of nitrogens with one attached hydrogen (secondary N) is 1. The van der Waals surface area contributed by atoms with Gasteiger partial charge in [-0.2, -0.15) is 30.6 Å². The van der Waals surface area contributed by atoms with Crippen LogP contribution in [0.25, 0.3) is 5.57 Å². The Morgan fingerprint density at radius 2 is 1.73 bits per heavy atom. The summed E-state index contributed by atoms with van der Waals surface area (Å²) in [5.74, 6) is -0.438. The van der Waals surface area contributed by atoms with Gasteiger partial charge in [0, 0.05) is 18.9 Å². The van der Waals surface area contributed by atoms with Crippen LogP contribution in [0.2, 0.25) is 0 Å². The number of allylic oxidation sites excluding steroid dienone is 2. The first-order valence-electron chi connectivity index (χ1n) is 14.7. The van der Waals surface area contributed by atoms with Crippen molar-refractivity contribution in [2.24, 2.45) is 4.99 Å². The van der Waals surface area contributed by atoms with Crippen molar-refractivity contribution in [2.45, 2.75) is 80.3 Å². The molecule has 0 saturated carbocycles. The zero-order chi connectivity index (χ0) is 34.1. The molecule has 6 nitrogen and oxygen atoms in total. The molecule has 2 aromatic carbocycles. The molecular formula is C38H56BrFN4O2Y2. The molecule has 260 valence electrons. The van der Waals surface area contributed by atoms with E-state index in [1.54, 1.807) is 31.3 Å². The van der Waals surface area contributed by atoms with E-state index < -0.39 is 5.82 Å². The number of unbranched alkanes of at least 4 members (excludes halogenated alkanes) is 2. The molecule has 10 heteroatoms. The minimum Gasteiger partial charge on any atom is -0.476 e. The van der Waals surface area contributed by atoms with Crippen LogP contribution in [0.4, 0.5) is 10.1 Å². The van der Waals surface area contributed by atoms with Crippen molar-refractivity contribution in [3.05, 3.63) is 111 Å². The van der Waals surface area contributed by atoms with Gasteiger partial charge in [0.1, 0.15) is 12.2 Å². The number of hydrogen-bond acceptors (Lipinski definition) is 6. The molecule has 0 aliphatic rings. The van der Waals surface area contributed by atoms with Gasteiger partial charge in [0.15, 0.2) is 18.2 Å². The van der Waals surface area contributed by atoms with Gasteiger partial charge < -0.3 is 55.4 Å². The van der Waals surface area contributed by atoms with Crippen molar-refractivity contribution in [2.75, 3.05) is 19.0 Å². The standard InChI is InChI=1S/C26H27BrFN4O2.C5H10.C3H7.C2H6.2CH3.2Y/c1-6-12-32(5)26(31-21-8-7-20(16-33)23(27)14-21)19(4)30-15-17(2)22-9-10-24(34-13-11-29)25(28)18(22)3;1-3-5-4-2;1-3-2;1-2;;;;/h6-10,12,14-15,26,31H,13H2,1-5H3;1-5H2;1,3H2,2H3;1-2H3;2*1H3;;/q-1;-2;-1;;2*-1;2*+3/b12-6-,17-15+,30-19?;;;;;;;. The minimum atomic E-state index is -0.491. The largest absolute Gasteiger partial charge is 3.00 e. The molecule has 1 unspecified atom stereocenters. The Morgan fingerprint density at radius 3 is 2.17 bits per heavy atom. The Morgan fingerprint density at radius 1 is 1.17 bits per heavy atom. The molecule has 0 amide bonds. The maximum Gasteiger partial charge on any atom is 3.00 e. The molecule has 0 saturated heterocycles. The fraction of sp³-hybridized carbons (Fsp3) is 0.368. The van der Waals surface area contributed by atoms with Crippen molar-refractivity contribution in [1.29, 1.82) is 5.26 Å². The molecular weight excluding hydrogens is 821 g/mol. The van der Waals surface area contributed by atoms with Crippen LogP contribution >= 0.6 is 15.9 Å². The third-order valence-electron chi connectivity index (χ3n) is 5.60. The van der Waals surface area contributed by atoms with Crippen molar-refractivity contribution in [3.63, 3.8) is 0 Å². The van der Waals surface area contributed by atoms with Crippen LogP contribution in [0.15, 0.2) is 58.3 Å². The molecule has 1 atom stereocenters. The van der Waals surface area contributed by atoms with Crippen LogP contribution in [0.1, 0.15) is 83.9 Å². The van der Waals surface area contributed by atoms with E-state index >= 15 is 0 Å². The number of hydrogen-bond donors (Lipinski definition) is 1. The normalized spacial score (nSPS) is 10.5. The van der Waals surface area contributed by atoms with Gasteiger partial charge in [-0.3, -0.25) is 4.99 Å². The monoisotopic (exact) mass is 876 g/mol. The molecule has 0 aromatic heterocycles. The SMILES string of the molecule is C/C=C\N(C)C(Nc1ccc([C-]=O)c(Br)c1)C(C)=N/C=C(\C)c1ccc(OCC#N)c(F)c1C.CC.[CH2-]CC.[CH2-]CCC[CH2-].[CH3-].[CH3-].[Y+3].[Y+3]. The Bertz CT molecular complexity index is 1250. The van der Waals surface area contributed by atoms with E-state index in [0.717, 1.165) is 36.2 Å². The van der Waals surface area contributed by atoms with E-state index in [1.165, 1.54) is 12.5 Å². The van der Waals surface area contributed by atoms with Gasteiger partial charge in [-0.05, 0) is 56.7 Å². The van der Waals surface area contributed by atoms with Crippen LogP contribution in [-0.4, -0.2) is 36.7 Å². The van der Waals surface area contributed by atoms with E-state index in [4.69, 9.17) is 10.00 Å². The molecule has 0 aliphatic carbocycles. The van der Waals surface area contributed by atoms with E-state index in [-0.39, 0.29) is 98.8 Å². The van der Waals surface area contributed by atoms with Gasteiger partial charge in [0.2, 0.25) is 0 Å². The summed E-state index contributed by atoms with van der Waals surface area (Å²) in [6, 6.07) is 10.4. The van der Waals surface area contributed by atoms with Crippen LogP contribution in [0.3, 0.4) is 0 Å². The van der Waals surface area contributed by atoms with Crippen molar-refractivity contribution < 1.29 is 79.3 Å². The van der Waals surface area contributed by atoms with Crippen molar-refractivity contribution in [3.8, 4) is 11.8 Å². The van der Waals surface area contributed by atoms with E-state index in [0.29, 0.717) is 21.2 Å².